The maximum absolute atomic E-state index is 13.0. The Morgan fingerprint density at radius 2 is 1.89 bits per heavy atom. The largest absolute Gasteiger partial charge is 0.489 e. The van der Waals surface area contributed by atoms with Gasteiger partial charge in [-0.05, 0) is 29.7 Å². The van der Waals surface area contributed by atoms with Crippen LogP contribution >= 0.6 is 15.9 Å². The third-order valence-electron chi connectivity index (χ3n) is 2.94. The first-order valence-corrected chi connectivity index (χ1v) is 7.03. The van der Waals surface area contributed by atoms with Crippen molar-refractivity contribution in [3.8, 4) is 5.75 Å². The highest BCUT2D eigenvalue weighted by molar-refractivity contribution is 9.10. The molecule has 0 unspecified atom stereocenters. The van der Waals surface area contributed by atoms with Crippen molar-refractivity contribution in [3.05, 3.63) is 63.9 Å². The summed E-state index contributed by atoms with van der Waals surface area (Å²) in [5.74, 6) is 1.04. The van der Waals surface area contributed by atoms with E-state index in [1.807, 2.05) is 18.2 Å². The predicted molar refractivity (Wildman–Crippen MR) is 79.0 cm³/mol. The zero-order valence-electron chi connectivity index (χ0n) is 11.0. The summed E-state index contributed by atoms with van der Waals surface area (Å²) in [5, 5.41) is 0. The summed E-state index contributed by atoms with van der Waals surface area (Å²) >= 11 is 3.35. The van der Waals surface area contributed by atoms with Crippen LogP contribution < -0.4 is 4.74 Å². The molecule has 0 spiro atoms. The first kappa shape index (κ1) is 14.1. The molecule has 0 atom stereocenters. The summed E-state index contributed by atoms with van der Waals surface area (Å²) in [5.41, 5.74) is 2.11. The molecule has 0 saturated carbocycles. The van der Waals surface area contributed by atoms with Gasteiger partial charge < -0.3 is 4.74 Å². The van der Waals surface area contributed by atoms with Gasteiger partial charge in [-0.15, -0.1) is 0 Å². The van der Waals surface area contributed by atoms with E-state index in [0.717, 1.165) is 15.8 Å². The van der Waals surface area contributed by atoms with E-state index in [0.29, 0.717) is 12.5 Å². The molecule has 2 rings (SSSR count). The zero-order valence-corrected chi connectivity index (χ0v) is 12.6. The Morgan fingerprint density at radius 3 is 2.58 bits per heavy atom. The van der Waals surface area contributed by atoms with Crippen molar-refractivity contribution in [2.24, 2.45) is 0 Å². The monoisotopic (exact) mass is 322 g/mol. The molecule has 0 aliphatic carbocycles. The number of halogens is 2. The van der Waals surface area contributed by atoms with Crippen molar-refractivity contribution in [3.63, 3.8) is 0 Å². The van der Waals surface area contributed by atoms with Gasteiger partial charge in [0.05, 0.1) is 0 Å². The summed E-state index contributed by atoms with van der Waals surface area (Å²) in [6, 6.07) is 12.6. The van der Waals surface area contributed by atoms with Gasteiger partial charge in [0.15, 0.2) is 0 Å². The fourth-order valence-electron chi connectivity index (χ4n) is 1.88. The van der Waals surface area contributed by atoms with Crippen molar-refractivity contribution < 1.29 is 9.13 Å². The van der Waals surface area contributed by atoms with Crippen molar-refractivity contribution in [1.29, 1.82) is 0 Å². The van der Waals surface area contributed by atoms with E-state index in [9.17, 15) is 4.39 Å². The van der Waals surface area contributed by atoms with Crippen LogP contribution in [0, 0.1) is 5.82 Å². The van der Waals surface area contributed by atoms with Crippen LogP contribution in [0.5, 0.6) is 5.75 Å². The highest BCUT2D eigenvalue weighted by Gasteiger charge is 2.08. The number of rotatable bonds is 4. The lowest BCUT2D eigenvalue weighted by molar-refractivity contribution is 0.301. The van der Waals surface area contributed by atoms with Crippen LogP contribution in [-0.4, -0.2) is 0 Å². The number of ether oxygens (including phenoxy) is 1. The lowest BCUT2D eigenvalue weighted by atomic mass is 10.0. The molecular formula is C16H16BrFO. The molecule has 0 saturated heterocycles. The Labute approximate surface area is 121 Å². The molecule has 19 heavy (non-hydrogen) atoms. The highest BCUT2D eigenvalue weighted by Crippen LogP contribution is 2.27. The highest BCUT2D eigenvalue weighted by atomic mass is 79.9. The minimum atomic E-state index is -0.252. The molecule has 0 aromatic heterocycles. The molecule has 0 N–H and O–H groups in total. The summed E-state index contributed by atoms with van der Waals surface area (Å²) in [4.78, 5) is 0. The van der Waals surface area contributed by atoms with Crippen LogP contribution in [0.25, 0.3) is 0 Å². The smallest absolute Gasteiger partial charge is 0.124 e. The van der Waals surface area contributed by atoms with Crippen LogP contribution in [0.1, 0.15) is 30.9 Å². The second-order valence-electron chi connectivity index (χ2n) is 4.72. The van der Waals surface area contributed by atoms with E-state index in [2.05, 4.69) is 35.8 Å². The molecule has 0 aliphatic rings. The molecule has 1 nitrogen and oxygen atoms in total. The summed E-state index contributed by atoms with van der Waals surface area (Å²) in [7, 11) is 0. The van der Waals surface area contributed by atoms with Gasteiger partial charge in [0.25, 0.3) is 0 Å². The molecule has 0 amide bonds. The van der Waals surface area contributed by atoms with E-state index in [1.165, 1.54) is 17.7 Å². The van der Waals surface area contributed by atoms with Crippen molar-refractivity contribution in [2.45, 2.75) is 26.4 Å². The fourth-order valence-corrected chi connectivity index (χ4v) is 2.35. The molecule has 100 valence electrons. The molecule has 0 fully saturated rings. The van der Waals surface area contributed by atoms with E-state index in [-0.39, 0.29) is 5.82 Å². The van der Waals surface area contributed by atoms with Gasteiger partial charge in [0, 0.05) is 10.0 Å². The molecule has 0 heterocycles. The van der Waals surface area contributed by atoms with Gasteiger partial charge in [0.2, 0.25) is 0 Å². The molecule has 0 radical (unpaired) electrons. The molecule has 2 aromatic carbocycles. The van der Waals surface area contributed by atoms with Gasteiger partial charge in [-0.3, -0.25) is 0 Å². The summed E-state index contributed by atoms with van der Waals surface area (Å²) in [6.45, 7) is 4.69. The minimum absolute atomic E-state index is 0.252. The first-order valence-electron chi connectivity index (χ1n) is 6.23. The van der Waals surface area contributed by atoms with Crippen LogP contribution in [0.15, 0.2) is 46.9 Å². The van der Waals surface area contributed by atoms with Crippen LogP contribution in [0.3, 0.4) is 0 Å². The molecule has 0 bridgehead atoms. The Balaban J connectivity index is 2.14. The zero-order chi connectivity index (χ0) is 13.8. The predicted octanol–water partition coefficient (Wildman–Crippen LogP) is 5.29. The number of hydrogen-bond donors (Lipinski definition) is 0. The van der Waals surface area contributed by atoms with E-state index >= 15 is 0 Å². The fraction of sp³-hybridized carbons (Fsp3) is 0.250. The standard InChI is InChI=1S/C16H16BrFO/c1-11(2)14-5-3-4-6-16(14)19-10-12-7-8-13(18)9-15(12)17/h3-9,11H,10H2,1-2H3. The average molecular weight is 323 g/mol. The second-order valence-corrected chi connectivity index (χ2v) is 5.57. The van der Waals surface area contributed by atoms with Crippen LogP contribution in [-0.2, 0) is 6.61 Å². The SMILES string of the molecule is CC(C)c1ccccc1OCc1ccc(F)cc1Br. The Morgan fingerprint density at radius 1 is 1.16 bits per heavy atom. The topological polar surface area (TPSA) is 9.23 Å². The van der Waals surface area contributed by atoms with Crippen molar-refractivity contribution in [1.82, 2.24) is 0 Å². The number of hydrogen-bond acceptors (Lipinski definition) is 1. The lowest BCUT2D eigenvalue weighted by Crippen LogP contribution is -2.00. The lowest BCUT2D eigenvalue weighted by Gasteiger charge is -2.14. The van der Waals surface area contributed by atoms with Gasteiger partial charge >= 0.3 is 0 Å². The van der Waals surface area contributed by atoms with Gasteiger partial charge in [-0.1, -0.05) is 54.0 Å². The number of para-hydroxylation sites is 1. The normalized spacial score (nSPS) is 10.8. The average Bonchev–Trinajstić information content (AvgIpc) is 2.38. The van der Waals surface area contributed by atoms with Gasteiger partial charge in [-0.25, -0.2) is 4.39 Å². The summed E-state index contributed by atoms with van der Waals surface area (Å²) < 4.78 is 19.6. The Hall–Kier alpha value is -1.35. The molecule has 0 aliphatic heterocycles. The third kappa shape index (κ3) is 3.57. The third-order valence-corrected chi connectivity index (χ3v) is 3.68. The number of benzene rings is 2. The van der Waals surface area contributed by atoms with Crippen molar-refractivity contribution in [2.75, 3.05) is 0 Å². The first-order chi connectivity index (χ1) is 9.08. The molecule has 3 heteroatoms. The molecular weight excluding hydrogens is 307 g/mol. The van der Waals surface area contributed by atoms with E-state index in [1.54, 1.807) is 6.07 Å². The Bertz CT molecular complexity index is 566. The summed E-state index contributed by atoms with van der Waals surface area (Å²) in [6.07, 6.45) is 0. The minimum Gasteiger partial charge on any atom is -0.489 e. The Kier molecular flexibility index (Phi) is 4.59. The van der Waals surface area contributed by atoms with Gasteiger partial charge in [-0.2, -0.15) is 0 Å². The molecule has 2 aromatic rings. The van der Waals surface area contributed by atoms with E-state index < -0.39 is 0 Å². The van der Waals surface area contributed by atoms with E-state index in [4.69, 9.17) is 4.74 Å². The van der Waals surface area contributed by atoms with Crippen molar-refractivity contribution >= 4 is 15.9 Å². The quantitative estimate of drug-likeness (QED) is 0.743. The maximum Gasteiger partial charge on any atom is 0.124 e. The second kappa shape index (κ2) is 6.20. The van der Waals surface area contributed by atoms with Crippen LogP contribution in [0.2, 0.25) is 0 Å². The van der Waals surface area contributed by atoms with Gasteiger partial charge in [0.1, 0.15) is 18.2 Å². The maximum atomic E-state index is 13.0. The van der Waals surface area contributed by atoms with Crippen LogP contribution in [0.4, 0.5) is 4.39 Å².